The SMILES string of the molecule is COc1ccc(-c2cnc3c(NCc4ccc(S(C)(=O)=O)cc4)nccn23)cc1OC.Oc1ccc(-c2cnc3c(NCc4ccccc4)nccn23)cc1.Oc1ccc(-c2cnc3c(NCc4ccncc4)nccn23)cc1. The van der Waals surface area contributed by atoms with Gasteiger partial charge < -0.3 is 35.6 Å². The first-order valence-electron chi connectivity index (χ1n) is 24.7. The molecule has 7 heterocycles. The van der Waals surface area contributed by atoms with Crippen LogP contribution >= 0.6 is 0 Å². The Morgan fingerprint density at radius 2 is 0.861 bits per heavy atom. The monoisotopic (exact) mass is 1070 g/mol. The first-order chi connectivity index (χ1) is 38.5. The van der Waals surface area contributed by atoms with Crippen molar-refractivity contribution in [1.82, 2.24) is 48.1 Å². The van der Waals surface area contributed by atoms with Crippen LogP contribution in [0.25, 0.3) is 50.7 Å². The summed E-state index contributed by atoms with van der Waals surface area (Å²) in [5.74, 6) is 3.88. The van der Waals surface area contributed by atoms with Crippen LogP contribution in [0.1, 0.15) is 16.7 Å². The number of sulfone groups is 1. The Balaban J connectivity index is 0.000000135. The summed E-state index contributed by atoms with van der Waals surface area (Å²) < 4.78 is 39.9. The lowest BCUT2D eigenvalue weighted by Gasteiger charge is -2.10. The summed E-state index contributed by atoms with van der Waals surface area (Å²) in [7, 11) is -0.00859. The number of aromatic nitrogens is 10. The van der Waals surface area contributed by atoms with Crippen molar-refractivity contribution in [1.29, 1.82) is 0 Å². The molecule has 0 unspecified atom stereocenters. The standard InChI is InChI=1S/C22H22N4O4S.C19H16N4O.C18H15N5O/c1-29-19-9-6-16(12-20(19)30-2)18-14-25-22-21(23-10-11-26(18)22)24-13-15-4-7-17(8-5-15)31(3,27)28;24-16-8-6-15(7-9-16)17-13-22-19-18(20-10-11-23(17)19)21-12-14-4-2-1-3-5-14;24-15-3-1-14(2-4-15)16-12-22-18-17(20-9-10-23(16)18)21-11-13-5-7-19-8-6-13/h4-12,14H,13H2,1-3H3,(H,23,24);1-11,13,24H,12H2,(H,20,21);1-10,12,24H,11H2,(H,20,21). The van der Waals surface area contributed by atoms with Crippen LogP contribution in [0, 0.1) is 0 Å². The quantitative estimate of drug-likeness (QED) is 0.0642. The van der Waals surface area contributed by atoms with E-state index in [9.17, 15) is 18.6 Å². The number of anilines is 3. The Bertz CT molecular complexity index is 3940. The summed E-state index contributed by atoms with van der Waals surface area (Å²) in [6, 6.07) is 40.7. The fourth-order valence-electron chi connectivity index (χ4n) is 8.54. The highest BCUT2D eigenvalue weighted by atomic mass is 32.2. The summed E-state index contributed by atoms with van der Waals surface area (Å²) in [5, 5.41) is 28.8. The molecule has 5 N–H and O–H groups in total. The molecule has 396 valence electrons. The maximum absolute atomic E-state index is 11.6. The number of aromatic hydroxyl groups is 2. The maximum Gasteiger partial charge on any atom is 0.180 e. The number of fused-ring (bicyclic) bond motifs is 3. The van der Waals surface area contributed by atoms with Gasteiger partial charge >= 0.3 is 0 Å². The fourth-order valence-corrected chi connectivity index (χ4v) is 9.17. The zero-order valence-electron chi connectivity index (χ0n) is 43.1. The van der Waals surface area contributed by atoms with Crippen LogP contribution < -0.4 is 25.4 Å². The Kier molecular flexibility index (Phi) is 15.6. The second-order valence-electron chi connectivity index (χ2n) is 17.8. The van der Waals surface area contributed by atoms with Crippen molar-refractivity contribution in [2.45, 2.75) is 24.5 Å². The van der Waals surface area contributed by atoms with Gasteiger partial charge in [0.15, 0.2) is 55.7 Å². The first-order valence-corrected chi connectivity index (χ1v) is 26.6. The van der Waals surface area contributed by atoms with Gasteiger partial charge in [0.05, 0.1) is 54.8 Å². The third-order valence-corrected chi connectivity index (χ3v) is 13.7. The van der Waals surface area contributed by atoms with Gasteiger partial charge in [0.1, 0.15) is 11.5 Å². The van der Waals surface area contributed by atoms with E-state index in [1.54, 1.807) is 106 Å². The molecule has 12 aromatic rings. The number of pyridine rings is 1. The highest BCUT2D eigenvalue weighted by molar-refractivity contribution is 7.90. The van der Waals surface area contributed by atoms with E-state index in [4.69, 9.17) is 9.47 Å². The van der Waals surface area contributed by atoms with Gasteiger partial charge in [-0.15, -0.1) is 0 Å². The molecule has 19 nitrogen and oxygen atoms in total. The van der Waals surface area contributed by atoms with Gasteiger partial charge in [-0.25, -0.2) is 38.3 Å². The van der Waals surface area contributed by atoms with E-state index >= 15 is 0 Å². The number of ether oxygens (including phenoxy) is 2. The third-order valence-electron chi connectivity index (χ3n) is 12.6. The number of methoxy groups -OCH3 is 2. The highest BCUT2D eigenvalue weighted by Crippen LogP contribution is 2.34. The van der Waals surface area contributed by atoms with Crippen molar-refractivity contribution in [3.05, 3.63) is 218 Å². The summed E-state index contributed by atoms with van der Waals surface area (Å²) in [6.45, 7) is 1.82. The normalized spacial score (nSPS) is 11.1. The Hall–Kier alpha value is -10.3. The van der Waals surface area contributed by atoms with Gasteiger partial charge in [-0.05, 0) is 108 Å². The number of phenols is 2. The van der Waals surface area contributed by atoms with Gasteiger partial charge in [-0.2, -0.15) is 0 Å². The molecule has 0 saturated heterocycles. The minimum atomic E-state index is -3.21. The second kappa shape index (κ2) is 23.7. The van der Waals surface area contributed by atoms with E-state index in [1.807, 2.05) is 111 Å². The van der Waals surface area contributed by atoms with Crippen molar-refractivity contribution in [3.8, 4) is 56.8 Å². The summed E-state index contributed by atoms with van der Waals surface area (Å²) in [4.78, 5) is 31.1. The van der Waals surface area contributed by atoms with Gasteiger partial charge in [-0.3, -0.25) is 18.2 Å². The summed E-state index contributed by atoms with van der Waals surface area (Å²) >= 11 is 0. The molecule has 7 aromatic heterocycles. The largest absolute Gasteiger partial charge is 0.508 e. The fraction of sp³-hybridized carbons (Fsp3) is 0.102. The number of nitrogens with zero attached hydrogens (tertiary/aromatic N) is 10. The Morgan fingerprint density at radius 1 is 0.456 bits per heavy atom. The summed E-state index contributed by atoms with van der Waals surface area (Å²) in [5.41, 5.74) is 11.1. The van der Waals surface area contributed by atoms with E-state index in [2.05, 4.69) is 63.0 Å². The number of imidazole rings is 3. The predicted octanol–water partition coefficient (Wildman–Crippen LogP) is 10.3. The van der Waals surface area contributed by atoms with E-state index in [0.717, 1.165) is 67.8 Å². The van der Waals surface area contributed by atoms with Crippen molar-refractivity contribution in [2.24, 2.45) is 0 Å². The van der Waals surface area contributed by atoms with Crippen LogP contribution in [0.5, 0.6) is 23.0 Å². The van der Waals surface area contributed by atoms with Crippen LogP contribution in [0.2, 0.25) is 0 Å². The zero-order valence-corrected chi connectivity index (χ0v) is 43.9. The highest BCUT2D eigenvalue weighted by Gasteiger charge is 2.15. The lowest BCUT2D eigenvalue weighted by molar-refractivity contribution is 0.355. The molecule has 0 fully saturated rings. The molecule has 0 aliphatic rings. The van der Waals surface area contributed by atoms with Crippen molar-refractivity contribution in [3.63, 3.8) is 0 Å². The van der Waals surface area contributed by atoms with E-state index in [0.29, 0.717) is 47.5 Å². The van der Waals surface area contributed by atoms with Crippen LogP contribution in [0.15, 0.2) is 207 Å². The number of rotatable bonds is 15. The molecule has 0 atom stereocenters. The number of phenolic OH excluding ortho intramolecular Hbond substituents is 2. The zero-order chi connectivity index (χ0) is 54.7. The average molecular weight is 1070 g/mol. The number of nitrogens with one attached hydrogen (secondary N) is 3. The molecule has 5 aromatic carbocycles. The Morgan fingerprint density at radius 3 is 1.29 bits per heavy atom. The third kappa shape index (κ3) is 12.2. The molecule has 0 aliphatic carbocycles. The minimum Gasteiger partial charge on any atom is -0.508 e. The molecule has 0 amide bonds. The lowest BCUT2D eigenvalue weighted by atomic mass is 10.1. The molecular formula is C59H53N13O6S. The number of benzene rings is 5. The van der Waals surface area contributed by atoms with Gasteiger partial charge in [0.2, 0.25) is 0 Å². The van der Waals surface area contributed by atoms with E-state index in [-0.39, 0.29) is 11.5 Å². The maximum atomic E-state index is 11.6. The molecule has 0 aliphatic heterocycles. The molecule has 79 heavy (non-hydrogen) atoms. The average Bonchev–Trinajstić information content (AvgIpc) is 4.38. The molecular weight excluding hydrogens is 1020 g/mol. The van der Waals surface area contributed by atoms with Crippen LogP contribution in [-0.4, -0.2) is 87.2 Å². The molecule has 0 spiro atoms. The minimum absolute atomic E-state index is 0.244. The molecule has 0 bridgehead atoms. The second-order valence-corrected chi connectivity index (χ2v) is 19.8. The molecule has 12 rings (SSSR count). The van der Waals surface area contributed by atoms with E-state index in [1.165, 1.54) is 11.8 Å². The number of hydrogen-bond acceptors (Lipinski definition) is 16. The van der Waals surface area contributed by atoms with Crippen LogP contribution in [0.4, 0.5) is 17.5 Å². The van der Waals surface area contributed by atoms with Crippen LogP contribution in [0.3, 0.4) is 0 Å². The topological polar surface area (TPSA) is 233 Å². The first kappa shape index (κ1) is 52.1. The van der Waals surface area contributed by atoms with Crippen molar-refractivity contribution >= 4 is 44.2 Å². The van der Waals surface area contributed by atoms with Crippen molar-refractivity contribution < 1.29 is 28.1 Å². The summed E-state index contributed by atoms with van der Waals surface area (Å²) in [6.07, 6.45) is 20.9. The number of hydrogen-bond donors (Lipinski definition) is 5. The van der Waals surface area contributed by atoms with E-state index < -0.39 is 9.84 Å². The van der Waals surface area contributed by atoms with Crippen LogP contribution in [-0.2, 0) is 29.5 Å². The molecule has 0 saturated carbocycles. The van der Waals surface area contributed by atoms with Gasteiger partial charge in [0, 0.05) is 92.2 Å². The molecule has 0 radical (unpaired) electrons. The van der Waals surface area contributed by atoms with Gasteiger partial charge in [-0.1, -0.05) is 42.5 Å². The smallest absolute Gasteiger partial charge is 0.180 e. The Labute approximate surface area is 454 Å². The predicted molar refractivity (Wildman–Crippen MR) is 304 cm³/mol. The van der Waals surface area contributed by atoms with Crippen molar-refractivity contribution in [2.75, 3.05) is 36.4 Å². The van der Waals surface area contributed by atoms with Gasteiger partial charge in [0.25, 0.3) is 0 Å². The molecule has 20 heteroatoms. The lowest BCUT2D eigenvalue weighted by Crippen LogP contribution is -2.04.